The molecule has 1 aliphatic carbocycles. The Morgan fingerprint density at radius 2 is 1.93 bits per heavy atom. The molecule has 84 valence electrons. The Morgan fingerprint density at radius 3 is 2.40 bits per heavy atom. The van der Waals surface area contributed by atoms with E-state index in [2.05, 4.69) is 26.0 Å². The predicted octanol–water partition coefficient (Wildman–Crippen LogP) is 2.40. The number of hydrogen-bond donors (Lipinski definition) is 1. The van der Waals surface area contributed by atoms with Gasteiger partial charge in [0.25, 0.3) is 0 Å². The number of hydrogen-bond acceptors (Lipinski definition) is 1. The van der Waals surface area contributed by atoms with Gasteiger partial charge >= 0.3 is 20.4 Å². The molecule has 1 radical (unpaired) electrons. The van der Waals surface area contributed by atoms with Crippen LogP contribution in [0.15, 0.2) is 36.4 Å². The summed E-state index contributed by atoms with van der Waals surface area (Å²) in [5.41, 5.74) is 2.17. The van der Waals surface area contributed by atoms with Crippen molar-refractivity contribution < 1.29 is 25.5 Å². The van der Waals surface area contributed by atoms with Crippen molar-refractivity contribution in [1.29, 1.82) is 0 Å². The zero-order chi connectivity index (χ0) is 10.2. The summed E-state index contributed by atoms with van der Waals surface area (Å²) in [6.45, 7) is 6.22. The number of benzene rings is 1. The zero-order valence-electron chi connectivity index (χ0n) is 8.74. The number of rotatable bonds is 1. The Labute approximate surface area is 105 Å². The fourth-order valence-electron chi connectivity index (χ4n) is 2.09. The molecule has 2 heteroatoms. The first-order valence-electron chi connectivity index (χ1n) is 4.91. The Balaban J connectivity index is 0.00000112. The van der Waals surface area contributed by atoms with Gasteiger partial charge in [0.1, 0.15) is 0 Å². The molecule has 2 unspecified atom stereocenters. The third kappa shape index (κ3) is 2.58. The van der Waals surface area contributed by atoms with Gasteiger partial charge in [-0.05, 0) is 12.0 Å². The molecular weight excluding hydrogens is 279 g/mol. The molecule has 1 aromatic carbocycles. The van der Waals surface area contributed by atoms with Crippen LogP contribution in [0.4, 0.5) is 0 Å². The van der Waals surface area contributed by atoms with Crippen molar-refractivity contribution in [2.75, 3.05) is 0 Å². The van der Waals surface area contributed by atoms with E-state index in [-0.39, 0.29) is 31.9 Å². The van der Waals surface area contributed by atoms with Crippen molar-refractivity contribution in [2.45, 2.75) is 19.4 Å². The van der Waals surface area contributed by atoms with Crippen LogP contribution in [0.2, 0.25) is 0 Å². The molecule has 0 spiro atoms. The monoisotopic (exact) mass is 294 g/mol. The first kappa shape index (κ1) is 12.7. The van der Waals surface area contributed by atoms with E-state index in [0.717, 1.165) is 12.0 Å². The van der Waals surface area contributed by atoms with Crippen LogP contribution in [0.1, 0.15) is 18.9 Å². The van der Waals surface area contributed by atoms with Crippen molar-refractivity contribution >= 4 is 5.57 Å². The van der Waals surface area contributed by atoms with Gasteiger partial charge in [-0.2, -0.15) is 0 Å². The molecule has 0 aromatic heterocycles. The molecule has 0 fully saturated rings. The molecule has 0 amide bonds. The predicted molar refractivity (Wildman–Crippen MR) is 59.9 cm³/mol. The fourth-order valence-corrected chi connectivity index (χ4v) is 2.09. The van der Waals surface area contributed by atoms with Gasteiger partial charge in [-0.25, -0.2) is 0 Å². The van der Waals surface area contributed by atoms with E-state index in [1.54, 1.807) is 0 Å². The summed E-state index contributed by atoms with van der Waals surface area (Å²) in [7, 11) is 0. The molecule has 0 heterocycles. The maximum absolute atomic E-state index is 9.58. The summed E-state index contributed by atoms with van der Waals surface area (Å²) in [6.07, 6.45) is 2.30. The Hall–Kier alpha value is -0.418. The molecule has 2 atom stereocenters. The Bertz CT molecular complexity index is 354. The summed E-state index contributed by atoms with van der Waals surface area (Å²) >= 11 is 0. The van der Waals surface area contributed by atoms with Crippen molar-refractivity contribution in [3.05, 3.63) is 48.9 Å². The van der Waals surface area contributed by atoms with E-state index in [1.807, 2.05) is 24.3 Å². The summed E-state index contributed by atoms with van der Waals surface area (Å²) in [5, 5.41) is 9.58. The summed E-state index contributed by atoms with van der Waals surface area (Å²) in [5.74, 6) is 0. The molecule has 1 nitrogen and oxygen atoms in total. The van der Waals surface area contributed by atoms with Crippen LogP contribution in [0, 0.1) is 12.3 Å². The van der Waals surface area contributed by atoms with Crippen molar-refractivity contribution in [3.63, 3.8) is 0 Å². The number of aliphatic hydroxyl groups excluding tert-OH is 1. The van der Waals surface area contributed by atoms with Crippen LogP contribution in [0.3, 0.4) is 0 Å². The molecule has 1 aliphatic rings. The summed E-state index contributed by atoms with van der Waals surface area (Å²) < 4.78 is 0. The van der Waals surface area contributed by atoms with Gasteiger partial charge in [-0.15, -0.1) is 5.41 Å². The SMILES string of the molecule is [CH2-]C1(C)CC(O)C=C1c1ccccc1.[PdH+]. The molecule has 0 saturated heterocycles. The van der Waals surface area contributed by atoms with E-state index in [9.17, 15) is 5.11 Å². The van der Waals surface area contributed by atoms with Gasteiger partial charge in [-0.1, -0.05) is 48.9 Å². The molecule has 0 saturated carbocycles. The van der Waals surface area contributed by atoms with Gasteiger partial charge < -0.3 is 12.0 Å². The normalized spacial score (nSPS) is 29.5. The second-order valence-corrected chi connectivity index (χ2v) is 4.28. The molecule has 0 aliphatic heterocycles. The van der Waals surface area contributed by atoms with Crippen LogP contribution >= 0.6 is 0 Å². The van der Waals surface area contributed by atoms with Crippen molar-refractivity contribution in [3.8, 4) is 0 Å². The van der Waals surface area contributed by atoms with Gasteiger partial charge in [0.2, 0.25) is 0 Å². The third-order valence-electron chi connectivity index (χ3n) is 2.75. The van der Waals surface area contributed by atoms with Crippen molar-refractivity contribution in [2.24, 2.45) is 5.41 Å². The molecule has 15 heavy (non-hydrogen) atoms. The van der Waals surface area contributed by atoms with E-state index < -0.39 is 0 Å². The van der Waals surface area contributed by atoms with Crippen LogP contribution in [-0.4, -0.2) is 11.2 Å². The standard InChI is InChI=1S/C13H15O.Pd.H/c1-13(2)9-11(14)8-12(13)10-6-4-3-5-7-10;;/h3-8,11,14H,1,9H2,2H3;;/q-1;+1;. The average Bonchev–Trinajstić information content (AvgIpc) is 2.41. The molecule has 1 aromatic rings. The minimum absolute atomic E-state index is 0. The van der Waals surface area contributed by atoms with Gasteiger partial charge in [0.05, 0.1) is 6.10 Å². The molecule has 2 rings (SSSR count). The second kappa shape index (κ2) is 4.62. The van der Waals surface area contributed by atoms with Gasteiger partial charge in [0.15, 0.2) is 0 Å². The van der Waals surface area contributed by atoms with Crippen LogP contribution in [0.5, 0.6) is 0 Å². The van der Waals surface area contributed by atoms with E-state index in [0.29, 0.717) is 0 Å². The van der Waals surface area contributed by atoms with Crippen LogP contribution in [-0.2, 0) is 20.4 Å². The second-order valence-electron chi connectivity index (χ2n) is 4.28. The average molecular weight is 295 g/mol. The molecule has 0 bridgehead atoms. The number of allylic oxidation sites excluding steroid dienone is 1. The first-order valence-corrected chi connectivity index (χ1v) is 4.91. The maximum atomic E-state index is 9.58. The third-order valence-corrected chi connectivity index (χ3v) is 2.75. The number of aliphatic hydroxyl groups is 1. The Morgan fingerprint density at radius 1 is 1.33 bits per heavy atom. The quantitative estimate of drug-likeness (QED) is 0.623. The first-order chi connectivity index (χ1) is 6.59. The minimum atomic E-state index is -0.340. The van der Waals surface area contributed by atoms with E-state index >= 15 is 0 Å². The van der Waals surface area contributed by atoms with Crippen LogP contribution in [0.25, 0.3) is 5.57 Å². The van der Waals surface area contributed by atoms with Crippen LogP contribution < -0.4 is 0 Å². The topological polar surface area (TPSA) is 20.2 Å². The Kier molecular flexibility index (Phi) is 3.89. The summed E-state index contributed by atoms with van der Waals surface area (Å²) in [4.78, 5) is 0. The zero-order valence-corrected chi connectivity index (χ0v) is 10.4. The van der Waals surface area contributed by atoms with Gasteiger partial charge in [0, 0.05) is 0 Å². The van der Waals surface area contributed by atoms with Crippen molar-refractivity contribution in [1.82, 2.24) is 0 Å². The summed E-state index contributed by atoms with van der Waals surface area (Å²) in [6, 6.07) is 10.1. The van der Waals surface area contributed by atoms with Gasteiger partial charge in [-0.3, -0.25) is 0 Å². The molecule has 1 N–H and O–H groups in total. The van der Waals surface area contributed by atoms with E-state index in [1.165, 1.54) is 5.56 Å². The molecular formula is C13H16OPd. The van der Waals surface area contributed by atoms with E-state index in [4.69, 9.17) is 0 Å². The fraction of sp³-hybridized carbons (Fsp3) is 0.308.